The van der Waals surface area contributed by atoms with Crippen LogP contribution in [0.3, 0.4) is 0 Å². The minimum atomic E-state index is -0.904. The van der Waals surface area contributed by atoms with Gasteiger partial charge in [0.15, 0.2) is 0 Å². The summed E-state index contributed by atoms with van der Waals surface area (Å²) in [6.07, 6.45) is 12.3. The smallest absolute Gasteiger partial charge is 0.306 e. The van der Waals surface area contributed by atoms with Crippen molar-refractivity contribution in [1.82, 2.24) is 10.2 Å². The molecule has 6 aliphatic rings. The van der Waals surface area contributed by atoms with Gasteiger partial charge in [-0.25, -0.2) is 0 Å². The second-order valence-electron chi connectivity index (χ2n) is 21.5. The van der Waals surface area contributed by atoms with Crippen molar-refractivity contribution >= 4 is 23.8 Å². The predicted octanol–water partition coefficient (Wildman–Crippen LogP) is 8.05. The van der Waals surface area contributed by atoms with Crippen molar-refractivity contribution in [1.29, 1.82) is 0 Å². The Balaban J connectivity index is 1.25. The summed E-state index contributed by atoms with van der Waals surface area (Å²) in [5.41, 5.74) is 7.73. The van der Waals surface area contributed by atoms with Gasteiger partial charge in [0.25, 0.3) is 0 Å². The quantitative estimate of drug-likeness (QED) is 0.152. The Hall–Kier alpha value is -2.42. The minimum absolute atomic E-state index is 0.00794. The highest BCUT2D eigenvalue weighted by molar-refractivity contribution is 5.78. The molecule has 6 fully saturated rings. The van der Waals surface area contributed by atoms with Gasteiger partial charge in [-0.15, -0.1) is 0 Å². The number of amides is 2. The molecule has 0 aromatic heterocycles. The van der Waals surface area contributed by atoms with E-state index in [1.165, 1.54) is 5.57 Å². The average Bonchev–Trinajstić information content (AvgIpc) is 3.68. The summed E-state index contributed by atoms with van der Waals surface area (Å²) in [6, 6.07) is 0.0810. The fraction of sp³-hybridized carbons (Fsp3) is 0.867. The van der Waals surface area contributed by atoms with Crippen molar-refractivity contribution in [2.75, 3.05) is 13.1 Å². The van der Waals surface area contributed by atoms with Gasteiger partial charge in [-0.1, -0.05) is 60.6 Å². The van der Waals surface area contributed by atoms with Crippen LogP contribution in [0.15, 0.2) is 12.2 Å². The van der Waals surface area contributed by atoms with Crippen LogP contribution in [-0.4, -0.2) is 64.5 Å². The second kappa shape index (κ2) is 13.9. The Labute approximate surface area is 325 Å². The van der Waals surface area contributed by atoms with E-state index < -0.39 is 16.9 Å². The number of carboxylic acid groups (broad SMARTS) is 1. The van der Waals surface area contributed by atoms with Gasteiger partial charge in [0.05, 0.1) is 12.8 Å². The summed E-state index contributed by atoms with van der Waals surface area (Å²) in [5.74, 6) is 0.560. The summed E-state index contributed by atoms with van der Waals surface area (Å²) in [6.45, 7) is 25.4. The Bertz CT molecular complexity index is 1540. The Morgan fingerprint density at radius 1 is 0.889 bits per heavy atom. The third kappa shape index (κ3) is 6.37. The monoisotopic (exact) mass is 752 g/mol. The first-order valence-electron chi connectivity index (χ1n) is 21.4. The molecule has 1 saturated heterocycles. The maximum Gasteiger partial charge on any atom is 0.306 e. The van der Waals surface area contributed by atoms with Crippen LogP contribution in [0.5, 0.6) is 0 Å². The highest BCUT2D eigenvalue weighted by Crippen LogP contribution is 2.78. The standard InChI is InChI=1S/C45H73N3O6/c1-28(2)31-13-19-44(24-35(50)48-23-11-12-30(48)27-47-29(3)49)22-21-41(8)32(38(31)44)14-20-45(46)42(9)17-16-34(40(6,7)33(42)15-18-43(41,45)10)54-37(53)26-39(4,5)25-36(51)52/h30-34,38H,1,11-27,46H2,2-10H3,(H,47,49)(H,51,52)/t30-,31+,32-,33+,34+,38-,41-,42+,43+,44-,45+/m1/s1. The Morgan fingerprint density at radius 2 is 1.59 bits per heavy atom. The maximum absolute atomic E-state index is 14.3. The van der Waals surface area contributed by atoms with E-state index in [0.717, 1.165) is 83.6 Å². The van der Waals surface area contributed by atoms with Crippen LogP contribution in [0.1, 0.15) is 159 Å². The number of esters is 1. The van der Waals surface area contributed by atoms with Gasteiger partial charge in [-0.05, 0) is 135 Å². The molecule has 11 atom stereocenters. The molecule has 0 aromatic carbocycles. The number of aliphatic carboxylic acids is 1. The van der Waals surface area contributed by atoms with Gasteiger partial charge < -0.3 is 25.8 Å². The van der Waals surface area contributed by atoms with Gasteiger partial charge in [0.1, 0.15) is 6.10 Å². The van der Waals surface area contributed by atoms with Crippen LogP contribution in [0.2, 0.25) is 0 Å². The lowest BCUT2D eigenvalue weighted by Crippen LogP contribution is -2.78. The molecular formula is C45H73N3O6. The number of allylic oxidation sites excluding steroid dienone is 1. The van der Waals surface area contributed by atoms with Crippen molar-refractivity contribution in [2.45, 2.75) is 176 Å². The van der Waals surface area contributed by atoms with E-state index in [9.17, 15) is 24.3 Å². The normalized spacial score (nSPS) is 42.5. The lowest BCUT2D eigenvalue weighted by atomic mass is 9.29. The van der Waals surface area contributed by atoms with Crippen molar-refractivity contribution in [2.24, 2.45) is 61.9 Å². The maximum atomic E-state index is 14.3. The van der Waals surface area contributed by atoms with E-state index in [2.05, 4.69) is 58.3 Å². The van der Waals surface area contributed by atoms with Crippen molar-refractivity contribution in [3.63, 3.8) is 0 Å². The van der Waals surface area contributed by atoms with Gasteiger partial charge in [-0.2, -0.15) is 0 Å². The fourth-order valence-corrected chi connectivity index (χ4v) is 14.9. The summed E-state index contributed by atoms with van der Waals surface area (Å²) in [7, 11) is 0. The molecule has 4 N–H and O–H groups in total. The summed E-state index contributed by atoms with van der Waals surface area (Å²) in [4.78, 5) is 52.9. The second-order valence-corrected chi connectivity index (χ2v) is 21.5. The molecule has 54 heavy (non-hydrogen) atoms. The van der Waals surface area contributed by atoms with E-state index in [1.54, 1.807) is 6.92 Å². The number of ether oxygens (including phenoxy) is 1. The van der Waals surface area contributed by atoms with Crippen LogP contribution in [-0.2, 0) is 23.9 Å². The number of fused-ring (bicyclic) bond motifs is 7. The Kier molecular flexibility index (Phi) is 10.6. The third-order valence-electron chi connectivity index (χ3n) is 17.9. The zero-order valence-corrected chi connectivity index (χ0v) is 35.2. The summed E-state index contributed by atoms with van der Waals surface area (Å²) >= 11 is 0. The first-order chi connectivity index (χ1) is 25.0. The average molecular weight is 752 g/mol. The molecule has 5 saturated carbocycles. The number of hydrogen-bond acceptors (Lipinski definition) is 6. The first kappa shape index (κ1) is 41.2. The number of nitrogens with one attached hydrogen (secondary N) is 1. The lowest BCUT2D eigenvalue weighted by molar-refractivity contribution is -0.260. The van der Waals surface area contributed by atoms with Crippen LogP contribution >= 0.6 is 0 Å². The molecule has 1 aliphatic heterocycles. The molecule has 1 heterocycles. The zero-order valence-electron chi connectivity index (χ0n) is 35.2. The molecule has 0 spiro atoms. The van der Waals surface area contributed by atoms with Gasteiger partial charge in [0, 0.05) is 43.4 Å². The number of carbonyl (C=O) groups is 4. The predicted molar refractivity (Wildman–Crippen MR) is 211 cm³/mol. The number of nitrogens with two attached hydrogens (primary N) is 1. The number of carboxylic acids is 1. The summed E-state index contributed by atoms with van der Waals surface area (Å²) < 4.78 is 6.28. The van der Waals surface area contributed by atoms with Crippen molar-refractivity contribution in [3.05, 3.63) is 12.2 Å². The van der Waals surface area contributed by atoms with Gasteiger partial charge in [0.2, 0.25) is 11.8 Å². The molecular weight excluding hydrogens is 679 g/mol. The van der Waals surface area contributed by atoms with Crippen LogP contribution in [0.25, 0.3) is 0 Å². The molecule has 0 bridgehead atoms. The molecule has 9 nitrogen and oxygen atoms in total. The number of carbonyl (C=O) groups excluding carboxylic acids is 3. The SMILES string of the molecule is C=C(C)[C@@H]1CC[C@]2(CC(=O)N3CCC[C@@H]3CNC(C)=O)CC[C@]3(C)[C@H](CC[C@@]4(N)[C@@]3(C)CC[C@H]3C(C)(C)[C@@H](OC(=O)CC(C)(C)CC(=O)O)CC[C@@]34C)[C@@H]12. The molecule has 304 valence electrons. The van der Waals surface area contributed by atoms with Crippen LogP contribution < -0.4 is 11.1 Å². The topological polar surface area (TPSA) is 139 Å². The zero-order chi connectivity index (χ0) is 39.9. The van der Waals surface area contributed by atoms with Gasteiger partial charge >= 0.3 is 11.9 Å². The number of nitrogens with zero attached hydrogens (tertiary/aromatic N) is 1. The van der Waals surface area contributed by atoms with E-state index in [-0.39, 0.29) is 75.8 Å². The number of likely N-dealkylation sites (tertiary alicyclic amines) is 1. The first-order valence-corrected chi connectivity index (χ1v) is 21.4. The fourth-order valence-electron chi connectivity index (χ4n) is 14.9. The highest BCUT2D eigenvalue weighted by atomic mass is 16.5. The highest BCUT2D eigenvalue weighted by Gasteiger charge is 2.75. The minimum Gasteiger partial charge on any atom is -0.481 e. The molecule has 0 unspecified atom stereocenters. The summed E-state index contributed by atoms with van der Waals surface area (Å²) in [5, 5.41) is 12.3. The van der Waals surface area contributed by atoms with Gasteiger partial charge in [-0.3, -0.25) is 19.2 Å². The van der Waals surface area contributed by atoms with Crippen LogP contribution in [0, 0.1) is 56.2 Å². The third-order valence-corrected chi connectivity index (χ3v) is 17.9. The molecule has 6 rings (SSSR count). The number of hydrogen-bond donors (Lipinski definition) is 3. The van der Waals surface area contributed by atoms with Crippen LogP contribution in [0.4, 0.5) is 0 Å². The lowest BCUT2D eigenvalue weighted by Gasteiger charge is -2.77. The molecule has 9 heteroatoms. The Morgan fingerprint density at radius 3 is 2.24 bits per heavy atom. The molecule has 2 amide bonds. The van der Waals surface area contributed by atoms with Crippen molar-refractivity contribution in [3.8, 4) is 0 Å². The van der Waals surface area contributed by atoms with E-state index in [4.69, 9.17) is 10.5 Å². The largest absolute Gasteiger partial charge is 0.481 e. The molecule has 5 aliphatic carbocycles. The molecule has 0 radical (unpaired) electrons. The van der Waals surface area contributed by atoms with E-state index in [1.807, 2.05) is 13.8 Å². The van der Waals surface area contributed by atoms with E-state index >= 15 is 0 Å². The number of rotatable bonds is 10. The molecule has 0 aromatic rings. The van der Waals surface area contributed by atoms with E-state index in [0.29, 0.717) is 30.7 Å². The van der Waals surface area contributed by atoms with Crippen molar-refractivity contribution < 1.29 is 29.0 Å².